The van der Waals surface area contributed by atoms with Crippen molar-refractivity contribution < 1.29 is 14.0 Å². The SMILES string of the molecule is Cc1ccc2occ(/C=C3\NC(=O)NC3=O)c(=O)c2c1. The van der Waals surface area contributed by atoms with Crippen molar-refractivity contribution in [2.24, 2.45) is 0 Å². The maximum Gasteiger partial charge on any atom is 0.326 e. The zero-order valence-electron chi connectivity index (χ0n) is 10.5. The summed E-state index contributed by atoms with van der Waals surface area (Å²) in [6, 6.07) is 4.67. The number of amides is 3. The molecule has 2 heterocycles. The van der Waals surface area contributed by atoms with E-state index in [9.17, 15) is 14.4 Å². The molecule has 0 saturated carbocycles. The van der Waals surface area contributed by atoms with Crippen LogP contribution in [-0.2, 0) is 4.79 Å². The van der Waals surface area contributed by atoms with Gasteiger partial charge >= 0.3 is 6.03 Å². The normalized spacial score (nSPS) is 16.6. The standard InChI is InChI=1S/C14H10N2O4/c1-7-2-3-11-9(4-7)12(17)8(6-20-11)5-10-13(18)16-14(19)15-10/h2-6H,1H3,(H2,15,16,18,19)/b10-5-. The third-order valence-electron chi connectivity index (χ3n) is 2.97. The van der Waals surface area contributed by atoms with Crippen LogP contribution in [0.25, 0.3) is 17.0 Å². The zero-order valence-corrected chi connectivity index (χ0v) is 10.5. The predicted molar refractivity (Wildman–Crippen MR) is 71.9 cm³/mol. The summed E-state index contributed by atoms with van der Waals surface area (Å²) < 4.78 is 5.36. The van der Waals surface area contributed by atoms with Gasteiger partial charge in [0.1, 0.15) is 17.5 Å². The highest BCUT2D eigenvalue weighted by molar-refractivity contribution is 6.14. The van der Waals surface area contributed by atoms with Gasteiger partial charge in [-0.2, -0.15) is 0 Å². The monoisotopic (exact) mass is 270 g/mol. The molecule has 3 rings (SSSR count). The van der Waals surface area contributed by atoms with Gasteiger partial charge in [-0.3, -0.25) is 14.9 Å². The third-order valence-corrected chi connectivity index (χ3v) is 2.97. The molecule has 3 amide bonds. The lowest BCUT2D eigenvalue weighted by Crippen LogP contribution is -2.22. The van der Waals surface area contributed by atoms with Crippen molar-refractivity contribution in [1.82, 2.24) is 10.6 Å². The minimum absolute atomic E-state index is 0.0225. The number of hydrogen-bond acceptors (Lipinski definition) is 4. The minimum Gasteiger partial charge on any atom is -0.463 e. The van der Waals surface area contributed by atoms with Gasteiger partial charge in [0.2, 0.25) is 0 Å². The van der Waals surface area contributed by atoms with E-state index in [1.165, 1.54) is 12.3 Å². The van der Waals surface area contributed by atoms with Crippen LogP contribution in [0.5, 0.6) is 0 Å². The van der Waals surface area contributed by atoms with Crippen molar-refractivity contribution in [2.75, 3.05) is 0 Å². The van der Waals surface area contributed by atoms with E-state index < -0.39 is 11.9 Å². The van der Waals surface area contributed by atoms with E-state index in [4.69, 9.17) is 4.42 Å². The van der Waals surface area contributed by atoms with Crippen LogP contribution in [-0.4, -0.2) is 11.9 Å². The molecule has 2 N–H and O–H groups in total. The Morgan fingerprint density at radius 2 is 1.95 bits per heavy atom. The van der Waals surface area contributed by atoms with Crippen molar-refractivity contribution in [3.63, 3.8) is 0 Å². The van der Waals surface area contributed by atoms with E-state index >= 15 is 0 Å². The first-order valence-electron chi connectivity index (χ1n) is 5.91. The van der Waals surface area contributed by atoms with Gasteiger partial charge in [-0.05, 0) is 25.1 Å². The number of carbonyl (C=O) groups excluding carboxylic acids is 2. The smallest absolute Gasteiger partial charge is 0.326 e. The largest absolute Gasteiger partial charge is 0.463 e. The van der Waals surface area contributed by atoms with Gasteiger partial charge in [-0.15, -0.1) is 0 Å². The molecule has 6 nitrogen and oxygen atoms in total. The Bertz CT molecular complexity index is 833. The number of urea groups is 1. The number of aryl methyl sites for hydroxylation is 1. The second kappa shape index (κ2) is 4.34. The molecule has 100 valence electrons. The molecule has 6 heteroatoms. The van der Waals surface area contributed by atoms with Crippen molar-refractivity contribution in [2.45, 2.75) is 6.92 Å². The van der Waals surface area contributed by atoms with Gasteiger partial charge in [0, 0.05) is 0 Å². The molecule has 0 spiro atoms. The van der Waals surface area contributed by atoms with Crippen LogP contribution in [0.2, 0.25) is 0 Å². The predicted octanol–water partition coefficient (Wildman–Crippen LogP) is 1.28. The summed E-state index contributed by atoms with van der Waals surface area (Å²) in [7, 11) is 0. The molecule has 1 aliphatic rings. The summed E-state index contributed by atoms with van der Waals surface area (Å²) in [5, 5.41) is 4.82. The van der Waals surface area contributed by atoms with Crippen LogP contribution in [0, 0.1) is 6.92 Å². The Morgan fingerprint density at radius 3 is 2.65 bits per heavy atom. The number of imide groups is 1. The number of benzene rings is 1. The number of rotatable bonds is 1. The van der Waals surface area contributed by atoms with Crippen molar-refractivity contribution >= 4 is 29.0 Å². The molecular formula is C14H10N2O4. The van der Waals surface area contributed by atoms with Gasteiger partial charge in [-0.25, -0.2) is 4.79 Å². The number of nitrogens with one attached hydrogen (secondary N) is 2. The summed E-state index contributed by atoms with van der Waals surface area (Å²) in [4.78, 5) is 34.7. The highest BCUT2D eigenvalue weighted by Gasteiger charge is 2.23. The molecule has 20 heavy (non-hydrogen) atoms. The first-order chi connectivity index (χ1) is 9.54. The molecule has 1 aromatic carbocycles. The molecule has 1 aromatic heterocycles. The van der Waals surface area contributed by atoms with E-state index in [2.05, 4.69) is 10.6 Å². The van der Waals surface area contributed by atoms with Crippen LogP contribution >= 0.6 is 0 Å². The molecule has 1 aliphatic heterocycles. The third kappa shape index (κ3) is 1.97. The fourth-order valence-electron chi connectivity index (χ4n) is 2.00. The molecule has 2 aromatic rings. The van der Waals surface area contributed by atoms with Gasteiger partial charge in [0.15, 0.2) is 5.43 Å². The lowest BCUT2D eigenvalue weighted by atomic mass is 10.1. The zero-order chi connectivity index (χ0) is 14.3. The average molecular weight is 270 g/mol. The summed E-state index contributed by atoms with van der Waals surface area (Å²) in [5.41, 5.74) is 1.38. The number of hydrogen-bond donors (Lipinski definition) is 2. The summed E-state index contributed by atoms with van der Waals surface area (Å²) in [6.45, 7) is 1.87. The summed E-state index contributed by atoms with van der Waals surface area (Å²) >= 11 is 0. The van der Waals surface area contributed by atoms with Crippen LogP contribution in [0.4, 0.5) is 4.79 Å². The van der Waals surface area contributed by atoms with Crippen LogP contribution in [0.3, 0.4) is 0 Å². The first kappa shape index (κ1) is 12.2. The Balaban J connectivity index is 2.16. The van der Waals surface area contributed by atoms with E-state index in [1.807, 2.05) is 13.0 Å². The second-order valence-corrected chi connectivity index (χ2v) is 4.49. The van der Waals surface area contributed by atoms with Gasteiger partial charge in [-0.1, -0.05) is 11.6 Å². The Labute approximate surface area is 113 Å². The molecule has 1 saturated heterocycles. The lowest BCUT2D eigenvalue weighted by molar-refractivity contribution is -0.115. The highest BCUT2D eigenvalue weighted by atomic mass is 16.3. The second-order valence-electron chi connectivity index (χ2n) is 4.49. The molecule has 0 aliphatic carbocycles. The van der Waals surface area contributed by atoms with Crippen LogP contribution in [0.1, 0.15) is 11.1 Å². The fourth-order valence-corrected chi connectivity index (χ4v) is 2.00. The van der Waals surface area contributed by atoms with E-state index in [-0.39, 0.29) is 16.7 Å². The maximum absolute atomic E-state index is 12.3. The van der Waals surface area contributed by atoms with Gasteiger partial charge in [0.25, 0.3) is 5.91 Å². The number of carbonyl (C=O) groups is 2. The van der Waals surface area contributed by atoms with Crippen LogP contribution < -0.4 is 16.1 Å². The van der Waals surface area contributed by atoms with E-state index in [1.54, 1.807) is 12.1 Å². The molecular weight excluding hydrogens is 260 g/mol. The van der Waals surface area contributed by atoms with Gasteiger partial charge < -0.3 is 9.73 Å². The average Bonchev–Trinajstić information content (AvgIpc) is 2.72. The van der Waals surface area contributed by atoms with Crippen molar-refractivity contribution in [1.29, 1.82) is 0 Å². The van der Waals surface area contributed by atoms with Crippen molar-refractivity contribution in [3.05, 3.63) is 51.5 Å². The Morgan fingerprint density at radius 1 is 1.15 bits per heavy atom. The van der Waals surface area contributed by atoms with Gasteiger partial charge in [0.05, 0.1) is 10.9 Å². The Kier molecular flexibility index (Phi) is 2.64. The van der Waals surface area contributed by atoms with E-state index in [0.29, 0.717) is 11.0 Å². The quantitative estimate of drug-likeness (QED) is 0.603. The molecule has 0 atom stereocenters. The topological polar surface area (TPSA) is 88.4 Å². The molecule has 0 radical (unpaired) electrons. The summed E-state index contributed by atoms with van der Waals surface area (Å²) in [5.74, 6) is -0.571. The summed E-state index contributed by atoms with van der Waals surface area (Å²) in [6.07, 6.45) is 2.57. The minimum atomic E-state index is -0.609. The van der Waals surface area contributed by atoms with Crippen LogP contribution in [0.15, 0.2) is 39.4 Å². The van der Waals surface area contributed by atoms with Crippen molar-refractivity contribution in [3.8, 4) is 0 Å². The molecule has 0 unspecified atom stereocenters. The Hall–Kier alpha value is -2.89. The van der Waals surface area contributed by atoms with E-state index in [0.717, 1.165) is 5.56 Å². The fraction of sp³-hybridized carbons (Fsp3) is 0.0714. The molecule has 1 fully saturated rings. The highest BCUT2D eigenvalue weighted by Crippen LogP contribution is 2.14. The first-order valence-corrected chi connectivity index (χ1v) is 5.91. The maximum atomic E-state index is 12.3. The lowest BCUT2D eigenvalue weighted by Gasteiger charge is -2.00. The number of fused-ring (bicyclic) bond motifs is 1. The molecule has 0 bridgehead atoms.